The fourth-order valence-corrected chi connectivity index (χ4v) is 7.37. The van der Waals surface area contributed by atoms with E-state index in [1.54, 1.807) is 24.6 Å². The molecule has 0 bridgehead atoms. The van der Waals surface area contributed by atoms with Crippen molar-refractivity contribution in [3.8, 4) is 0 Å². The third-order valence-electron chi connectivity index (χ3n) is 5.82. The van der Waals surface area contributed by atoms with Gasteiger partial charge >= 0.3 is 5.97 Å². The minimum absolute atomic E-state index is 0.149. The number of hydrogen-bond donors (Lipinski definition) is 1. The number of thiophene rings is 2. The summed E-state index contributed by atoms with van der Waals surface area (Å²) in [7, 11) is 0. The van der Waals surface area contributed by atoms with Crippen molar-refractivity contribution in [3.05, 3.63) is 32.8 Å². The second-order valence-electron chi connectivity index (χ2n) is 8.17. The molecule has 0 unspecified atom stereocenters. The zero-order valence-electron chi connectivity index (χ0n) is 18.9. The minimum atomic E-state index is -0.388. The van der Waals surface area contributed by atoms with Gasteiger partial charge < -0.3 is 10.1 Å². The first-order chi connectivity index (χ1) is 15.3. The van der Waals surface area contributed by atoms with Gasteiger partial charge in [-0.3, -0.25) is 4.79 Å². The third kappa shape index (κ3) is 4.43. The van der Waals surface area contributed by atoms with E-state index in [9.17, 15) is 9.59 Å². The molecule has 0 aromatic carbocycles. The van der Waals surface area contributed by atoms with E-state index in [1.807, 2.05) is 6.92 Å². The monoisotopic (exact) mass is 489 g/mol. The number of nitrogens with zero attached hydrogens (tertiary/aromatic N) is 2. The molecule has 0 aliphatic heterocycles. The molecule has 170 valence electrons. The van der Waals surface area contributed by atoms with Crippen LogP contribution >= 0.6 is 34.4 Å². The van der Waals surface area contributed by atoms with Gasteiger partial charge in [0.2, 0.25) is 5.91 Å². The Balaban J connectivity index is 1.58. The number of aryl methyl sites for hydroxylation is 2. The average Bonchev–Trinajstić information content (AvgIpc) is 3.24. The summed E-state index contributed by atoms with van der Waals surface area (Å²) in [6.45, 7) is 10.3. The molecule has 0 radical (unpaired) electrons. The van der Waals surface area contributed by atoms with Gasteiger partial charge in [-0.05, 0) is 64.0 Å². The largest absolute Gasteiger partial charge is 0.462 e. The molecule has 0 spiro atoms. The second-order valence-corrected chi connectivity index (χ2v) is 11.8. The van der Waals surface area contributed by atoms with Crippen LogP contribution in [0, 0.1) is 19.8 Å². The van der Waals surface area contributed by atoms with Gasteiger partial charge in [-0.1, -0.05) is 18.7 Å². The number of anilines is 1. The molecule has 0 fully saturated rings. The maximum absolute atomic E-state index is 13.1. The Kier molecular flexibility index (Phi) is 6.88. The van der Waals surface area contributed by atoms with Crippen molar-refractivity contribution in [2.75, 3.05) is 11.9 Å². The first-order valence-corrected chi connectivity index (χ1v) is 13.3. The molecule has 3 heterocycles. The van der Waals surface area contributed by atoms with Crippen LogP contribution in [0.3, 0.4) is 0 Å². The summed E-state index contributed by atoms with van der Waals surface area (Å²) in [4.78, 5) is 38.0. The Labute approximate surface area is 200 Å². The highest BCUT2D eigenvalue weighted by Crippen LogP contribution is 2.41. The molecule has 1 amide bonds. The molecule has 9 heteroatoms. The first kappa shape index (κ1) is 23.2. The van der Waals surface area contributed by atoms with E-state index in [0.717, 1.165) is 45.6 Å². The smallest absolute Gasteiger partial charge is 0.341 e. The highest BCUT2D eigenvalue weighted by Gasteiger charge is 2.30. The summed E-state index contributed by atoms with van der Waals surface area (Å²) in [5, 5.41) is 5.08. The lowest BCUT2D eigenvalue weighted by Crippen LogP contribution is -2.23. The molecule has 3 aromatic rings. The molecule has 1 aliphatic carbocycles. The zero-order chi connectivity index (χ0) is 23.0. The second kappa shape index (κ2) is 9.49. The van der Waals surface area contributed by atoms with Crippen molar-refractivity contribution >= 4 is 61.5 Å². The lowest BCUT2D eigenvalue weighted by molar-refractivity contribution is -0.115. The van der Waals surface area contributed by atoms with Gasteiger partial charge in [0.1, 0.15) is 21.2 Å². The number of hydrogen-bond acceptors (Lipinski definition) is 8. The maximum Gasteiger partial charge on any atom is 0.341 e. The molecule has 0 saturated carbocycles. The van der Waals surface area contributed by atoms with Crippen molar-refractivity contribution in [2.45, 2.75) is 64.2 Å². The fraction of sp³-hybridized carbons (Fsp3) is 0.478. The van der Waals surface area contributed by atoms with Crippen LogP contribution in [0.1, 0.15) is 58.4 Å². The van der Waals surface area contributed by atoms with Gasteiger partial charge in [0, 0.05) is 15.1 Å². The van der Waals surface area contributed by atoms with Crippen molar-refractivity contribution < 1.29 is 14.3 Å². The molecule has 6 nitrogen and oxygen atoms in total. The van der Waals surface area contributed by atoms with Crippen LogP contribution in [-0.2, 0) is 22.4 Å². The summed E-state index contributed by atoms with van der Waals surface area (Å²) in [5.41, 5.74) is 2.74. The summed E-state index contributed by atoms with van der Waals surface area (Å²) in [6, 6.07) is 0. The molecular formula is C23H27N3O3S3. The van der Waals surface area contributed by atoms with E-state index in [2.05, 4.69) is 36.1 Å². The number of carbonyl (C=O) groups is 2. The zero-order valence-corrected chi connectivity index (χ0v) is 21.4. The predicted molar refractivity (Wildman–Crippen MR) is 132 cm³/mol. The minimum Gasteiger partial charge on any atom is -0.462 e. The van der Waals surface area contributed by atoms with E-state index in [4.69, 9.17) is 4.74 Å². The van der Waals surface area contributed by atoms with Crippen molar-refractivity contribution in [1.82, 2.24) is 9.97 Å². The lowest BCUT2D eigenvalue weighted by atomic mass is 9.88. The highest BCUT2D eigenvalue weighted by atomic mass is 32.2. The molecule has 0 saturated heterocycles. The molecule has 32 heavy (non-hydrogen) atoms. The normalized spacial score (nSPS) is 16.6. The van der Waals surface area contributed by atoms with E-state index >= 15 is 0 Å². The van der Waals surface area contributed by atoms with Crippen molar-refractivity contribution in [1.29, 1.82) is 0 Å². The van der Waals surface area contributed by atoms with Crippen LogP contribution < -0.4 is 5.32 Å². The number of aromatic nitrogens is 2. The quantitative estimate of drug-likeness (QED) is 0.268. The van der Waals surface area contributed by atoms with E-state index in [0.29, 0.717) is 23.1 Å². The maximum atomic E-state index is 13.1. The van der Waals surface area contributed by atoms with Crippen LogP contribution in [0.4, 0.5) is 5.00 Å². The number of ether oxygens (including phenoxy) is 1. The van der Waals surface area contributed by atoms with Gasteiger partial charge in [0.25, 0.3) is 0 Å². The standard InChI is InChI=1S/C23H27N3O3S3/c1-6-29-23(28)18-15-8-7-11(2)9-16(15)32-22(18)26-19(27)14(5)31-21-17-12(3)13(4)30-20(17)24-10-25-21/h10-11,14H,6-9H2,1-5H3,(H,26,27)/t11-,14+/m1/s1. The van der Waals surface area contributed by atoms with Crippen LogP contribution in [0.25, 0.3) is 10.2 Å². The summed E-state index contributed by atoms with van der Waals surface area (Å²) >= 11 is 4.58. The topological polar surface area (TPSA) is 81.2 Å². The highest BCUT2D eigenvalue weighted by molar-refractivity contribution is 8.00. The van der Waals surface area contributed by atoms with Crippen LogP contribution in [0.2, 0.25) is 0 Å². The van der Waals surface area contributed by atoms with Gasteiger partial charge in [-0.2, -0.15) is 0 Å². The van der Waals surface area contributed by atoms with E-state index in [1.165, 1.54) is 32.9 Å². The SMILES string of the molecule is CCOC(=O)c1c(NC(=O)[C@H](C)Sc2ncnc3sc(C)c(C)c23)sc2c1CC[C@@H](C)C2. The van der Waals surface area contributed by atoms with E-state index < -0.39 is 0 Å². The van der Waals surface area contributed by atoms with Crippen LogP contribution in [-0.4, -0.2) is 33.7 Å². The Morgan fingerprint density at radius 1 is 1.31 bits per heavy atom. The van der Waals surface area contributed by atoms with Crippen molar-refractivity contribution in [2.24, 2.45) is 5.92 Å². The third-order valence-corrected chi connectivity index (χ3v) is 9.20. The van der Waals surface area contributed by atoms with Gasteiger partial charge in [-0.15, -0.1) is 22.7 Å². The van der Waals surface area contributed by atoms with Crippen LogP contribution in [0.5, 0.6) is 0 Å². The predicted octanol–water partition coefficient (Wildman–Crippen LogP) is 5.79. The summed E-state index contributed by atoms with van der Waals surface area (Å²) < 4.78 is 5.32. The molecule has 2 atom stereocenters. The van der Waals surface area contributed by atoms with Crippen LogP contribution in [0.15, 0.2) is 11.4 Å². The molecule has 3 aromatic heterocycles. The Hall–Kier alpha value is -1.97. The van der Waals surface area contributed by atoms with E-state index in [-0.39, 0.29) is 17.1 Å². The number of fused-ring (bicyclic) bond motifs is 2. The molecule has 4 rings (SSSR count). The molecular weight excluding hydrogens is 462 g/mol. The fourth-order valence-electron chi connectivity index (χ4n) is 3.93. The number of esters is 1. The van der Waals surface area contributed by atoms with Gasteiger partial charge in [-0.25, -0.2) is 14.8 Å². The Bertz CT molecular complexity index is 1180. The van der Waals surface area contributed by atoms with Gasteiger partial charge in [0.15, 0.2) is 0 Å². The molecule has 1 aliphatic rings. The number of amides is 1. The number of nitrogens with one attached hydrogen (secondary N) is 1. The van der Waals surface area contributed by atoms with Crippen molar-refractivity contribution in [3.63, 3.8) is 0 Å². The lowest BCUT2D eigenvalue weighted by Gasteiger charge is -2.18. The number of rotatable bonds is 6. The number of carbonyl (C=O) groups excluding carboxylic acids is 2. The summed E-state index contributed by atoms with van der Waals surface area (Å²) in [6.07, 6.45) is 4.37. The average molecular weight is 490 g/mol. The Morgan fingerprint density at radius 2 is 2.09 bits per heavy atom. The molecule has 1 N–H and O–H groups in total. The van der Waals surface area contributed by atoms with Gasteiger partial charge in [0.05, 0.1) is 17.4 Å². The first-order valence-electron chi connectivity index (χ1n) is 10.8. The number of thioether (sulfide) groups is 1. The summed E-state index contributed by atoms with van der Waals surface area (Å²) in [5.74, 6) is 0.0762. The Morgan fingerprint density at radius 3 is 2.84 bits per heavy atom.